The van der Waals surface area contributed by atoms with Gasteiger partial charge < -0.3 is 9.52 Å². The van der Waals surface area contributed by atoms with Crippen molar-refractivity contribution in [3.63, 3.8) is 0 Å². The molecule has 1 aromatic heterocycles. The number of fused-ring (bicyclic) bond motifs is 1. The topological polar surface area (TPSA) is 33.4 Å². The van der Waals surface area contributed by atoms with Crippen LogP contribution in [0.5, 0.6) is 5.75 Å². The minimum absolute atomic E-state index is 0.241. The lowest BCUT2D eigenvalue weighted by Gasteiger charge is -2.03. The summed E-state index contributed by atoms with van der Waals surface area (Å²) in [6, 6.07) is 25.4. The molecule has 0 bridgehead atoms. The molecule has 2 heteroatoms. The minimum atomic E-state index is 0.241. The standard InChI is InChI=1S/C20H14O2/c21-16-11-12-18-17(13-16)19(14-7-3-1-4-8-14)20(22-18)15-9-5-2-6-10-15/h1-13,21H. The molecule has 4 aromatic rings. The predicted octanol–water partition coefficient (Wildman–Crippen LogP) is 5.47. The van der Waals surface area contributed by atoms with E-state index in [1.54, 1.807) is 12.1 Å². The summed E-state index contributed by atoms with van der Waals surface area (Å²) in [6.45, 7) is 0. The van der Waals surface area contributed by atoms with Gasteiger partial charge in [-0.15, -0.1) is 0 Å². The Kier molecular flexibility index (Phi) is 2.94. The smallest absolute Gasteiger partial charge is 0.143 e. The van der Waals surface area contributed by atoms with E-state index in [1.165, 1.54) is 0 Å². The van der Waals surface area contributed by atoms with E-state index in [1.807, 2.05) is 54.6 Å². The van der Waals surface area contributed by atoms with Crippen molar-refractivity contribution in [2.45, 2.75) is 0 Å². The molecule has 22 heavy (non-hydrogen) atoms. The molecule has 0 spiro atoms. The van der Waals surface area contributed by atoms with Crippen LogP contribution in [-0.2, 0) is 0 Å². The monoisotopic (exact) mass is 286 g/mol. The Hall–Kier alpha value is -3.00. The van der Waals surface area contributed by atoms with E-state index in [2.05, 4.69) is 12.1 Å². The molecule has 0 aliphatic heterocycles. The first-order chi connectivity index (χ1) is 10.8. The van der Waals surface area contributed by atoms with Crippen molar-refractivity contribution in [2.75, 3.05) is 0 Å². The second-order valence-electron chi connectivity index (χ2n) is 5.22. The minimum Gasteiger partial charge on any atom is -0.508 e. The molecule has 0 unspecified atom stereocenters. The summed E-state index contributed by atoms with van der Waals surface area (Å²) in [6.07, 6.45) is 0. The summed E-state index contributed by atoms with van der Waals surface area (Å²) < 4.78 is 6.08. The first-order valence-electron chi connectivity index (χ1n) is 7.19. The number of hydrogen-bond donors (Lipinski definition) is 1. The van der Waals surface area contributed by atoms with Crippen molar-refractivity contribution in [1.29, 1.82) is 0 Å². The van der Waals surface area contributed by atoms with Gasteiger partial charge in [0.15, 0.2) is 0 Å². The Morgan fingerprint density at radius 3 is 2.00 bits per heavy atom. The van der Waals surface area contributed by atoms with Gasteiger partial charge in [-0.05, 0) is 23.8 Å². The molecule has 0 amide bonds. The highest BCUT2D eigenvalue weighted by Crippen LogP contribution is 2.41. The first kappa shape index (κ1) is 12.7. The molecule has 0 saturated carbocycles. The van der Waals surface area contributed by atoms with Gasteiger partial charge in [0.25, 0.3) is 0 Å². The second kappa shape index (κ2) is 5.08. The van der Waals surface area contributed by atoms with Crippen LogP contribution in [0, 0.1) is 0 Å². The van der Waals surface area contributed by atoms with Gasteiger partial charge in [-0.1, -0.05) is 60.7 Å². The van der Waals surface area contributed by atoms with Crippen molar-refractivity contribution in [3.8, 4) is 28.2 Å². The van der Waals surface area contributed by atoms with E-state index in [0.717, 1.165) is 33.4 Å². The lowest BCUT2D eigenvalue weighted by atomic mass is 9.98. The van der Waals surface area contributed by atoms with Gasteiger partial charge >= 0.3 is 0 Å². The Morgan fingerprint density at radius 2 is 1.32 bits per heavy atom. The van der Waals surface area contributed by atoms with Crippen LogP contribution in [0.3, 0.4) is 0 Å². The van der Waals surface area contributed by atoms with Crippen molar-refractivity contribution < 1.29 is 9.52 Å². The summed E-state index contributed by atoms with van der Waals surface area (Å²) >= 11 is 0. The zero-order valence-corrected chi connectivity index (χ0v) is 11.9. The second-order valence-corrected chi connectivity index (χ2v) is 5.22. The average Bonchev–Trinajstić information content (AvgIpc) is 2.95. The summed E-state index contributed by atoms with van der Waals surface area (Å²) in [5, 5.41) is 10.8. The third-order valence-electron chi connectivity index (χ3n) is 3.77. The fourth-order valence-corrected chi connectivity index (χ4v) is 2.77. The maximum atomic E-state index is 9.84. The Morgan fingerprint density at radius 1 is 0.682 bits per heavy atom. The number of furan rings is 1. The van der Waals surface area contributed by atoms with Gasteiger partial charge in [-0.25, -0.2) is 0 Å². The van der Waals surface area contributed by atoms with E-state index in [9.17, 15) is 5.11 Å². The van der Waals surface area contributed by atoms with Gasteiger partial charge in [0.1, 0.15) is 17.1 Å². The van der Waals surface area contributed by atoms with Crippen molar-refractivity contribution in [1.82, 2.24) is 0 Å². The molecule has 3 aromatic carbocycles. The molecule has 0 aliphatic rings. The van der Waals surface area contributed by atoms with Crippen molar-refractivity contribution >= 4 is 11.0 Å². The van der Waals surface area contributed by atoms with Gasteiger partial charge in [0.2, 0.25) is 0 Å². The lowest BCUT2D eigenvalue weighted by molar-refractivity contribution is 0.476. The zero-order chi connectivity index (χ0) is 14.9. The van der Waals surface area contributed by atoms with Gasteiger partial charge in [-0.3, -0.25) is 0 Å². The highest BCUT2D eigenvalue weighted by atomic mass is 16.3. The number of benzene rings is 3. The molecule has 1 N–H and O–H groups in total. The summed E-state index contributed by atoms with van der Waals surface area (Å²) in [5.74, 6) is 1.07. The third-order valence-corrected chi connectivity index (χ3v) is 3.77. The SMILES string of the molecule is Oc1ccc2oc(-c3ccccc3)c(-c3ccccc3)c2c1. The average molecular weight is 286 g/mol. The predicted molar refractivity (Wildman–Crippen MR) is 88.8 cm³/mol. The van der Waals surface area contributed by atoms with E-state index >= 15 is 0 Å². The summed E-state index contributed by atoms with van der Waals surface area (Å²) in [4.78, 5) is 0. The lowest BCUT2D eigenvalue weighted by Crippen LogP contribution is -1.80. The largest absolute Gasteiger partial charge is 0.508 e. The van der Waals surface area contributed by atoms with Gasteiger partial charge in [0, 0.05) is 16.5 Å². The van der Waals surface area contributed by atoms with E-state index in [4.69, 9.17) is 4.42 Å². The Bertz CT molecular complexity index is 922. The number of aromatic hydroxyl groups is 1. The molecule has 0 radical (unpaired) electrons. The molecule has 0 fully saturated rings. The number of phenolic OH excluding ortho intramolecular Hbond substituents is 1. The molecule has 106 valence electrons. The van der Waals surface area contributed by atoms with Gasteiger partial charge in [-0.2, -0.15) is 0 Å². The van der Waals surface area contributed by atoms with Crippen molar-refractivity contribution in [2.24, 2.45) is 0 Å². The maximum Gasteiger partial charge on any atom is 0.143 e. The van der Waals surface area contributed by atoms with E-state index in [0.29, 0.717) is 0 Å². The van der Waals surface area contributed by atoms with Crippen LogP contribution >= 0.6 is 0 Å². The Labute approximate surface area is 128 Å². The molecule has 4 rings (SSSR count). The summed E-state index contributed by atoms with van der Waals surface area (Å²) in [7, 11) is 0. The molecular weight excluding hydrogens is 272 g/mol. The molecule has 0 atom stereocenters. The zero-order valence-electron chi connectivity index (χ0n) is 11.9. The van der Waals surface area contributed by atoms with Crippen LogP contribution in [0.15, 0.2) is 83.3 Å². The number of phenols is 1. The maximum absolute atomic E-state index is 9.84. The quantitative estimate of drug-likeness (QED) is 0.530. The van der Waals surface area contributed by atoms with Crippen LogP contribution in [-0.4, -0.2) is 5.11 Å². The van der Waals surface area contributed by atoms with Crippen molar-refractivity contribution in [3.05, 3.63) is 78.9 Å². The normalized spacial score (nSPS) is 10.9. The van der Waals surface area contributed by atoms with Gasteiger partial charge in [0.05, 0.1) is 0 Å². The fourth-order valence-electron chi connectivity index (χ4n) is 2.77. The van der Waals surface area contributed by atoms with E-state index in [-0.39, 0.29) is 5.75 Å². The molecule has 0 saturated heterocycles. The molecular formula is C20H14O2. The van der Waals surface area contributed by atoms with E-state index < -0.39 is 0 Å². The third kappa shape index (κ3) is 2.06. The number of hydrogen-bond acceptors (Lipinski definition) is 2. The number of rotatable bonds is 2. The van der Waals surface area contributed by atoms with Crippen LogP contribution < -0.4 is 0 Å². The van der Waals surface area contributed by atoms with Crippen LogP contribution in [0.2, 0.25) is 0 Å². The molecule has 2 nitrogen and oxygen atoms in total. The van der Waals surface area contributed by atoms with Crippen LogP contribution in [0.4, 0.5) is 0 Å². The molecule has 0 aliphatic carbocycles. The first-order valence-corrected chi connectivity index (χ1v) is 7.19. The summed E-state index contributed by atoms with van der Waals surface area (Å²) in [5.41, 5.74) is 3.89. The van der Waals surface area contributed by atoms with Crippen LogP contribution in [0.25, 0.3) is 33.4 Å². The fraction of sp³-hybridized carbons (Fsp3) is 0. The highest BCUT2D eigenvalue weighted by Gasteiger charge is 2.17. The Balaban J connectivity index is 2.08. The highest BCUT2D eigenvalue weighted by molar-refractivity contribution is 6.02. The van der Waals surface area contributed by atoms with Crippen LogP contribution in [0.1, 0.15) is 0 Å². The molecule has 1 heterocycles.